The third-order valence-corrected chi connectivity index (χ3v) is 2.66. The third-order valence-electron chi connectivity index (χ3n) is 2.66. The smallest absolute Gasteiger partial charge is 0.170 e. The molecule has 2 N–H and O–H groups in total. The summed E-state index contributed by atoms with van der Waals surface area (Å²) in [4.78, 5) is 15.2. The molecule has 0 saturated heterocycles. The van der Waals surface area contributed by atoms with E-state index in [1.165, 1.54) is 0 Å². The lowest BCUT2D eigenvalue weighted by atomic mass is 9.96. The molecule has 3 nitrogen and oxygen atoms in total. The lowest BCUT2D eigenvalue weighted by Crippen LogP contribution is -2.44. The maximum absolute atomic E-state index is 12.1. The van der Waals surface area contributed by atoms with Gasteiger partial charge in [-0.05, 0) is 6.07 Å². The SMILES string of the molecule is CC(C)NC(Cc1ccc[nH+]c1)C(=O)C(C)C. The molecule has 0 aliphatic carbocycles. The maximum Gasteiger partial charge on any atom is 0.170 e. The zero-order valence-corrected chi connectivity index (χ0v) is 11.2. The van der Waals surface area contributed by atoms with Crippen molar-refractivity contribution in [3.63, 3.8) is 0 Å². The average Bonchev–Trinajstić information content (AvgIpc) is 2.28. The van der Waals surface area contributed by atoms with E-state index in [1.807, 2.05) is 38.4 Å². The van der Waals surface area contributed by atoms with Gasteiger partial charge in [-0.25, -0.2) is 4.98 Å². The highest BCUT2D eigenvalue weighted by Gasteiger charge is 2.22. The first kappa shape index (κ1) is 13.8. The van der Waals surface area contributed by atoms with Crippen molar-refractivity contribution in [2.75, 3.05) is 0 Å². The molecule has 1 rings (SSSR count). The van der Waals surface area contributed by atoms with Crippen LogP contribution < -0.4 is 10.3 Å². The predicted molar refractivity (Wildman–Crippen MR) is 68.6 cm³/mol. The van der Waals surface area contributed by atoms with Gasteiger partial charge in [0, 0.05) is 30.0 Å². The van der Waals surface area contributed by atoms with Crippen LogP contribution in [0.2, 0.25) is 0 Å². The molecule has 1 aromatic heterocycles. The van der Waals surface area contributed by atoms with Gasteiger partial charge in [-0.3, -0.25) is 4.79 Å². The quantitative estimate of drug-likeness (QED) is 0.814. The molecule has 1 unspecified atom stereocenters. The van der Waals surface area contributed by atoms with Gasteiger partial charge in [-0.2, -0.15) is 0 Å². The summed E-state index contributed by atoms with van der Waals surface area (Å²) in [6, 6.07) is 4.22. The third kappa shape index (κ3) is 4.65. The molecule has 17 heavy (non-hydrogen) atoms. The summed E-state index contributed by atoms with van der Waals surface area (Å²) in [5, 5.41) is 3.35. The van der Waals surface area contributed by atoms with Crippen LogP contribution in [0.25, 0.3) is 0 Å². The Morgan fingerprint density at radius 2 is 2.06 bits per heavy atom. The fourth-order valence-corrected chi connectivity index (χ4v) is 1.84. The lowest BCUT2D eigenvalue weighted by molar-refractivity contribution is -0.378. The van der Waals surface area contributed by atoms with Gasteiger partial charge >= 0.3 is 0 Å². The molecule has 0 aromatic carbocycles. The van der Waals surface area contributed by atoms with Crippen molar-refractivity contribution in [1.82, 2.24) is 5.32 Å². The molecule has 0 aliphatic heterocycles. The highest BCUT2D eigenvalue weighted by molar-refractivity contribution is 5.86. The monoisotopic (exact) mass is 235 g/mol. The van der Waals surface area contributed by atoms with Gasteiger partial charge < -0.3 is 5.32 Å². The number of carbonyl (C=O) groups is 1. The minimum Gasteiger partial charge on any atom is -0.305 e. The normalized spacial score (nSPS) is 13.1. The number of pyridine rings is 1. The number of H-pyrrole nitrogens is 1. The number of aromatic amines is 1. The maximum atomic E-state index is 12.1. The van der Waals surface area contributed by atoms with Crippen LogP contribution in [0.1, 0.15) is 33.3 Å². The first-order valence-electron chi connectivity index (χ1n) is 6.25. The van der Waals surface area contributed by atoms with Crippen molar-refractivity contribution in [2.24, 2.45) is 5.92 Å². The first-order chi connectivity index (χ1) is 8.00. The summed E-state index contributed by atoms with van der Waals surface area (Å²) in [6.07, 6.45) is 4.56. The average molecular weight is 235 g/mol. The first-order valence-corrected chi connectivity index (χ1v) is 6.25. The Morgan fingerprint density at radius 3 is 2.53 bits per heavy atom. The largest absolute Gasteiger partial charge is 0.305 e. The zero-order chi connectivity index (χ0) is 12.8. The van der Waals surface area contributed by atoms with Crippen molar-refractivity contribution in [3.8, 4) is 0 Å². The van der Waals surface area contributed by atoms with E-state index in [0.29, 0.717) is 6.04 Å². The summed E-state index contributed by atoms with van der Waals surface area (Å²) in [5.74, 6) is 0.349. The standard InChI is InChI=1S/C14H22N2O/c1-10(2)14(17)13(16-11(3)4)8-12-6-5-7-15-9-12/h5-7,9-11,13,16H,8H2,1-4H3/p+1. The lowest BCUT2D eigenvalue weighted by Gasteiger charge is -2.21. The minimum absolute atomic E-state index is 0.0685. The molecule has 0 saturated carbocycles. The van der Waals surface area contributed by atoms with Gasteiger partial charge in [0.05, 0.1) is 6.04 Å². The molecule has 0 fully saturated rings. The second-order valence-electron chi connectivity index (χ2n) is 5.05. The molecule has 1 aromatic rings. The van der Waals surface area contributed by atoms with Crippen LogP contribution in [0.3, 0.4) is 0 Å². The van der Waals surface area contributed by atoms with Crippen LogP contribution in [0, 0.1) is 5.92 Å². The van der Waals surface area contributed by atoms with Gasteiger partial charge in [0.25, 0.3) is 0 Å². The van der Waals surface area contributed by atoms with Gasteiger partial charge in [0.15, 0.2) is 18.2 Å². The molecule has 0 bridgehead atoms. The summed E-state index contributed by atoms with van der Waals surface area (Å²) < 4.78 is 0. The van der Waals surface area contributed by atoms with E-state index in [0.717, 1.165) is 12.0 Å². The molecule has 94 valence electrons. The summed E-state index contributed by atoms with van der Waals surface area (Å²) in [6.45, 7) is 8.04. The Balaban J connectivity index is 2.74. The van der Waals surface area contributed by atoms with E-state index in [2.05, 4.69) is 24.1 Å². The summed E-state index contributed by atoms with van der Waals surface area (Å²) >= 11 is 0. The van der Waals surface area contributed by atoms with Crippen LogP contribution in [0.4, 0.5) is 0 Å². The Kier molecular flexibility index (Phi) is 5.29. The Hall–Kier alpha value is -1.22. The highest BCUT2D eigenvalue weighted by Crippen LogP contribution is 2.07. The molecular weight excluding hydrogens is 212 g/mol. The number of ketones is 1. The van der Waals surface area contributed by atoms with E-state index in [-0.39, 0.29) is 17.7 Å². The number of hydrogen-bond donors (Lipinski definition) is 1. The molecule has 0 amide bonds. The van der Waals surface area contributed by atoms with Crippen molar-refractivity contribution >= 4 is 5.78 Å². The fourth-order valence-electron chi connectivity index (χ4n) is 1.84. The van der Waals surface area contributed by atoms with Gasteiger partial charge in [-0.1, -0.05) is 27.7 Å². The number of rotatable bonds is 6. The summed E-state index contributed by atoms with van der Waals surface area (Å²) in [5.41, 5.74) is 1.15. The fraction of sp³-hybridized carbons (Fsp3) is 0.571. The van der Waals surface area contributed by atoms with E-state index in [4.69, 9.17) is 0 Å². The van der Waals surface area contributed by atoms with Crippen LogP contribution >= 0.6 is 0 Å². The van der Waals surface area contributed by atoms with E-state index in [9.17, 15) is 4.79 Å². The minimum atomic E-state index is -0.0919. The molecule has 1 atom stereocenters. The van der Waals surface area contributed by atoms with Crippen molar-refractivity contribution in [2.45, 2.75) is 46.2 Å². The number of Topliss-reactive ketones (excluding diaryl/α,β-unsaturated/α-hetero) is 1. The Labute approximate surface area is 104 Å². The molecule has 1 heterocycles. The number of carbonyl (C=O) groups excluding carboxylic acids is 1. The molecule has 0 aliphatic rings. The van der Waals surface area contributed by atoms with Crippen LogP contribution in [0.5, 0.6) is 0 Å². The molecule has 0 spiro atoms. The second-order valence-corrected chi connectivity index (χ2v) is 5.05. The van der Waals surface area contributed by atoms with Crippen LogP contribution in [0.15, 0.2) is 24.5 Å². The zero-order valence-electron chi connectivity index (χ0n) is 11.2. The Morgan fingerprint density at radius 1 is 1.35 bits per heavy atom. The van der Waals surface area contributed by atoms with Crippen LogP contribution in [-0.2, 0) is 11.2 Å². The van der Waals surface area contributed by atoms with E-state index < -0.39 is 0 Å². The second kappa shape index (κ2) is 6.50. The number of nitrogens with one attached hydrogen (secondary N) is 2. The van der Waals surface area contributed by atoms with Crippen LogP contribution in [-0.4, -0.2) is 17.9 Å². The molecule has 0 radical (unpaired) electrons. The molecular formula is C14H23N2O+. The van der Waals surface area contributed by atoms with Crippen molar-refractivity contribution in [3.05, 3.63) is 30.1 Å². The van der Waals surface area contributed by atoms with E-state index >= 15 is 0 Å². The van der Waals surface area contributed by atoms with Crippen molar-refractivity contribution < 1.29 is 9.78 Å². The predicted octanol–water partition coefficient (Wildman–Crippen LogP) is 1.63. The highest BCUT2D eigenvalue weighted by atomic mass is 16.1. The van der Waals surface area contributed by atoms with Gasteiger partial charge in [0.2, 0.25) is 0 Å². The van der Waals surface area contributed by atoms with E-state index in [1.54, 1.807) is 0 Å². The van der Waals surface area contributed by atoms with Gasteiger partial charge in [0.1, 0.15) is 0 Å². The van der Waals surface area contributed by atoms with Crippen molar-refractivity contribution in [1.29, 1.82) is 0 Å². The topological polar surface area (TPSA) is 43.2 Å². The number of aromatic nitrogens is 1. The summed E-state index contributed by atoms with van der Waals surface area (Å²) in [7, 11) is 0. The Bertz CT molecular complexity index is 346. The number of hydrogen-bond acceptors (Lipinski definition) is 2. The molecule has 3 heteroatoms. The van der Waals surface area contributed by atoms with Gasteiger partial charge in [-0.15, -0.1) is 0 Å².